The van der Waals surface area contributed by atoms with E-state index in [9.17, 15) is 14.7 Å². The molecule has 1 saturated heterocycles. The minimum Gasteiger partial charge on any atom is -0.479 e. The number of carbonyl (C=O) groups is 2. The average molecular weight is 363 g/mol. The number of benzene rings is 2. The van der Waals surface area contributed by atoms with E-state index in [0.717, 1.165) is 24.0 Å². The van der Waals surface area contributed by atoms with E-state index >= 15 is 0 Å². The van der Waals surface area contributed by atoms with E-state index in [1.807, 2.05) is 24.3 Å². The number of ether oxygens (including phenoxy) is 1. The summed E-state index contributed by atoms with van der Waals surface area (Å²) in [5.74, 6) is -0.845. The number of hydrogen-bond acceptors (Lipinski definition) is 3. The van der Waals surface area contributed by atoms with Crippen LogP contribution >= 0.6 is 0 Å². The number of nitrogens with zero attached hydrogens (tertiary/aromatic N) is 1. The summed E-state index contributed by atoms with van der Waals surface area (Å²) in [6, 6.07) is 16.4. The first kappa shape index (κ1) is 16.4. The first-order valence-corrected chi connectivity index (χ1v) is 9.49. The molecule has 2 aliphatic carbocycles. The quantitative estimate of drug-likeness (QED) is 0.899. The summed E-state index contributed by atoms with van der Waals surface area (Å²) in [6.45, 7) is 0.692. The summed E-state index contributed by atoms with van der Waals surface area (Å²) in [7, 11) is 0. The molecule has 138 valence electrons. The zero-order chi connectivity index (χ0) is 18.6. The van der Waals surface area contributed by atoms with E-state index in [0.29, 0.717) is 13.0 Å². The molecule has 5 nitrogen and oxygen atoms in total. The van der Waals surface area contributed by atoms with Crippen LogP contribution in [0.25, 0.3) is 11.1 Å². The Kier molecular flexibility index (Phi) is 3.54. The van der Waals surface area contributed by atoms with Gasteiger partial charge in [-0.05, 0) is 47.4 Å². The fraction of sp³-hybridized carbons (Fsp3) is 0.364. The molecule has 1 amide bonds. The number of amides is 1. The molecule has 3 aliphatic rings. The number of aliphatic carboxylic acids is 1. The molecule has 0 spiro atoms. The maximum atomic E-state index is 12.8. The van der Waals surface area contributed by atoms with E-state index in [1.165, 1.54) is 16.0 Å². The van der Waals surface area contributed by atoms with Crippen molar-refractivity contribution in [2.45, 2.75) is 30.7 Å². The Bertz CT molecular complexity index is 894. The van der Waals surface area contributed by atoms with Crippen LogP contribution in [0.4, 0.5) is 4.79 Å². The van der Waals surface area contributed by atoms with Crippen LogP contribution in [0.3, 0.4) is 0 Å². The van der Waals surface area contributed by atoms with Gasteiger partial charge < -0.3 is 9.84 Å². The van der Waals surface area contributed by atoms with E-state index < -0.39 is 17.6 Å². The van der Waals surface area contributed by atoms with Gasteiger partial charge >= 0.3 is 12.1 Å². The summed E-state index contributed by atoms with van der Waals surface area (Å²) in [5, 5.41) is 9.70. The highest BCUT2D eigenvalue weighted by atomic mass is 16.6. The molecular formula is C22H21NO4. The van der Waals surface area contributed by atoms with Gasteiger partial charge in [-0.2, -0.15) is 0 Å². The highest BCUT2D eigenvalue weighted by Gasteiger charge is 2.62. The molecule has 5 rings (SSSR count). The molecule has 2 fully saturated rings. The normalized spacial score (nSPS) is 25.3. The summed E-state index contributed by atoms with van der Waals surface area (Å²) in [4.78, 5) is 26.1. The summed E-state index contributed by atoms with van der Waals surface area (Å²) in [5.41, 5.74) is 3.63. The van der Waals surface area contributed by atoms with E-state index in [2.05, 4.69) is 24.3 Å². The first-order chi connectivity index (χ1) is 13.1. The van der Waals surface area contributed by atoms with Crippen molar-refractivity contribution in [3.8, 4) is 11.1 Å². The lowest BCUT2D eigenvalue weighted by atomic mass is 9.67. The second-order valence-corrected chi connectivity index (χ2v) is 7.71. The third-order valence-corrected chi connectivity index (χ3v) is 6.66. The SMILES string of the molecule is O=C(OCC1c2ccccc2-c2ccccc21)N1CC[C@@H]2CC[C@]21C(=O)O. The number of carboxylic acids is 1. The van der Waals surface area contributed by atoms with Crippen LogP contribution in [0.15, 0.2) is 48.5 Å². The lowest BCUT2D eigenvalue weighted by molar-refractivity contribution is -0.157. The third kappa shape index (κ3) is 2.17. The molecule has 1 N–H and O–H groups in total. The zero-order valence-corrected chi connectivity index (χ0v) is 14.9. The van der Waals surface area contributed by atoms with Crippen molar-refractivity contribution < 1.29 is 19.4 Å². The lowest BCUT2D eigenvalue weighted by Gasteiger charge is -2.45. The molecule has 2 atom stereocenters. The predicted octanol–water partition coefficient (Wildman–Crippen LogP) is 3.87. The lowest BCUT2D eigenvalue weighted by Crippen LogP contribution is -2.61. The molecule has 5 heteroatoms. The maximum Gasteiger partial charge on any atom is 0.410 e. The largest absolute Gasteiger partial charge is 0.479 e. The minimum absolute atomic E-state index is 0.0121. The molecule has 0 bridgehead atoms. The summed E-state index contributed by atoms with van der Waals surface area (Å²) < 4.78 is 5.68. The van der Waals surface area contributed by atoms with Crippen LogP contribution in [-0.4, -0.2) is 40.8 Å². The highest BCUT2D eigenvalue weighted by Crippen LogP contribution is 2.51. The second kappa shape index (κ2) is 5.84. The van der Waals surface area contributed by atoms with Crippen LogP contribution in [0.1, 0.15) is 36.3 Å². The standard InChI is InChI=1S/C22H21NO4/c24-20(25)22-11-9-14(22)10-12-23(22)21(26)27-13-19-17-7-3-1-5-15(17)16-6-2-4-8-18(16)19/h1-8,14,19H,9-13H2,(H,24,25)/t14-,22+/m0/s1. The van der Waals surface area contributed by atoms with Crippen molar-refractivity contribution in [2.24, 2.45) is 5.92 Å². The van der Waals surface area contributed by atoms with Crippen LogP contribution in [0.5, 0.6) is 0 Å². The van der Waals surface area contributed by atoms with Crippen molar-refractivity contribution in [2.75, 3.05) is 13.2 Å². The van der Waals surface area contributed by atoms with Gasteiger partial charge in [-0.1, -0.05) is 48.5 Å². The Labute approximate surface area is 157 Å². The highest BCUT2D eigenvalue weighted by molar-refractivity contribution is 5.87. The molecule has 2 aromatic rings. The van der Waals surface area contributed by atoms with Crippen LogP contribution in [0, 0.1) is 5.92 Å². The van der Waals surface area contributed by atoms with Gasteiger partial charge in [0.15, 0.2) is 0 Å². The molecule has 1 heterocycles. The van der Waals surface area contributed by atoms with Crippen LogP contribution < -0.4 is 0 Å². The minimum atomic E-state index is -1.04. The number of likely N-dealkylation sites (tertiary alicyclic amines) is 1. The van der Waals surface area contributed by atoms with Gasteiger partial charge in [0.2, 0.25) is 0 Å². The van der Waals surface area contributed by atoms with E-state index in [4.69, 9.17) is 4.74 Å². The van der Waals surface area contributed by atoms with Crippen molar-refractivity contribution in [3.05, 3.63) is 59.7 Å². The average Bonchev–Trinajstić information content (AvgIpc) is 3.12. The fourth-order valence-corrected chi connectivity index (χ4v) is 5.17. The molecule has 27 heavy (non-hydrogen) atoms. The van der Waals surface area contributed by atoms with Gasteiger partial charge in [0.1, 0.15) is 12.1 Å². The Morgan fingerprint density at radius 2 is 1.67 bits per heavy atom. The number of fused-ring (bicyclic) bond motifs is 4. The van der Waals surface area contributed by atoms with Gasteiger partial charge in [-0.15, -0.1) is 0 Å². The Hall–Kier alpha value is -2.82. The molecule has 1 saturated carbocycles. The molecule has 0 unspecified atom stereocenters. The monoisotopic (exact) mass is 363 g/mol. The van der Waals surface area contributed by atoms with Crippen molar-refractivity contribution in [1.29, 1.82) is 0 Å². The number of rotatable bonds is 3. The first-order valence-electron chi connectivity index (χ1n) is 9.49. The fourth-order valence-electron chi connectivity index (χ4n) is 5.17. The van der Waals surface area contributed by atoms with Gasteiger partial charge in [0, 0.05) is 12.5 Å². The van der Waals surface area contributed by atoms with Crippen molar-refractivity contribution in [1.82, 2.24) is 4.90 Å². The Morgan fingerprint density at radius 1 is 1.04 bits per heavy atom. The summed E-state index contributed by atoms with van der Waals surface area (Å²) >= 11 is 0. The third-order valence-electron chi connectivity index (χ3n) is 6.66. The number of hydrogen-bond donors (Lipinski definition) is 1. The van der Waals surface area contributed by atoms with E-state index in [-0.39, 0.29) is 18.4 Å². The van der Waals surface area contributed by atoms with Gasteiger partial charge in [-0.25, -0.2) is 9.59 Å². The van der Waals surface area contributed by atoms with Gasteiger partial charge in [0.05, 0.1) is 0 Å². The predicted molar refractivity (Wildman–Crippen MR) is 99.5 cm³/mol. The van der Waals surface area contributed by atoms with Gasteiger partial charge in [0.25, 0.3) is 0 Å². The van der Waals surface area contributed by atoms with Gasteiger partial charge in [-0.3, -0.25) is 4.90 Å². The summed E-state index contributed by atoms with van der Waals surface area (Å²) in [6.07, 6.45) is 1.65. The number of carboxylic acid groups (broad SMARTS) is 1. The molecular weight excluding hydrogens is 342 g/mol. The Morgan fingerprint density at radius 3 is 2.22 bits per heavy atom. The smallest absolute Gasteiger partial charge is 0.410 e. The van der Waals surface area contributed by atoms with Crippen molar-refractivity contribution >= 4 is 12.1 Å². The number of carbonyl (C=O) groups excluding carboxylic acids is 1. The molecule has 0 radical (unpaired) electrons. The van der Waals surface area contributed by atoms with E-state index in [1.54, 1.807) is 0 Å². The maximum absolute atomic E-state index is 12.8. The Balaban J connectivity index is 1.38. The second-order valence-electron chi connectivity index (χ2n) is 7.71. The van der Waals surface area contributed by atoms with Crippen LogP contribution in [-0.2, 0) is 9.53 Å². The molecule has 0 aromatic heterocycles. The topological polar surface area (TPSA) is 66.8 Å². The molecule has 1 aliphatic heterocycles. The van der Waals surface area contributed by atoms with Crippen molar-refractivity contribution in [3.63, 3.8) is 0 Å². The zero-order valence-electron chi connectivity index (χ0n) is 14.9. The van der Waals surface area contributed by atoms with Crippen LogP contribution in [0.2, 0.25) is 0 Å². The molecule has 2 aromatic carbocycles.